The number of benzene rings is 4. The molecular formula is C34H34Cl3N3O4S. The number of carbonyl (C=O) groups is 2. The van der Waals surface area contributed by atoms with E-state index in [4.69, 9.17) is 34.8 Å². The highest BCUT2D eigenvalue weighted by Crippen LogP contribution is 2.28. The Kier molecular flexibility index (Phi) is 12.3. The molecular weight excluding hydrogens is 653 g/mol. The lowest BCUT2D eigenvalue weighted by Gasteiger charge is -2.34. The molecule has 1 atom stereocenters. The second kappa shape index (κ2) is 16.1. The molecule has 0 aliphatic rings. The maximum absolute atomic E-state index is 14.4. The summed E-state index contributed by atoms with van der Waals surface area (Å²) in [6, 6.07) is 27.4. The summed E-state index contributed by atoms with van der Waals surface area (Å²) in [6.45, 7) is 1.92. The van der Waals surface area contributed by atoms with E-state index in [0.717, 1.165) is 28.3 Å². The first-order chi connectivity index (χ1) is 21.6. The number of sulfonamides is 1. The normalized spacial score (nSPS) is 11.9. The summed E-state index contributed by atoms with van der Waals surface area (Å²) in [7, 11) is -4.27. The van der Waals surface area contributed by atoms with Gasteiger partial charge in [-0.3, -0.25) is 13.9 Å². The zero-order valence-electron chi connectivity index (χ0n) is 24.7. The minimum absolute atomic E-state index is 0.0408. The number of hydrogen-bond acceptors (Lipinski definition) is 4. The highest BCUT2D eigenvalue weighted by Gasteiger charge is 2.34. The molecule has 4 rings (SSSR count). The summed E-state index contributed by atoms with van der Waals surface area (Å²) in [5.74, 6) is -0.904. The fraction of sp³-hybridized carbons (Fsp3) is 0.235. The molecule has 0 aromatic heterocycles. The fourth-order valence-corrected chi connectivity index (χ4v) is 6.58. The predicted molar refractivity (Wildman–Crippen MR) is 181 cm³/mol. The van der Waals surface area contributed by atoms with Gasteiger partial charge < -0.3 is 10.2 Å². The zero-order chi connectivity index (χ0) is 32.4. The highest BCUT2D eigenvalue weighted by atomic mass is 35.5. The van der Waals surface area contributed by atoms with Gasteiger partial charge in [0.05, 0.1) is 10.6 Å². The van der Waals surface area contributed by atoms with Crippen LogP contribution >= 0.6 is 34.8 Å². The quantitative estimate of drug-likeness (QED) is 0.140. The van der Waals surface area contributed by atoms with Crippen molar-refractivity contribution in [3.05, 3.63) is 129 Å². The van der Waals surface area contributed by atoms with Crippen LogP contribution in [0.4, 0.5) is 5.69 Å². The minimum Gasteiger partial charge on any atom is -0.354 e. The van der Waals surface area contributed by atoms with Crippen LogP contribution in [-0.2, 0) is 32.6 Å². The number of hydrogen-bond donors (Lipinski definition) is 1. The van der Waals surface area contributed by atoms with Crippen LogP contribution in [0.25, 0.3) is 0 Å². The van der Waals surface area contributed by atoms with Crippen LogP contribution in [0, 0.1) is 0 Å². The van der Waals surface area contributed by atoms with Gasteiger partial charge in [0.15, 0.2) is 0 Å². The van der Waals surface area contributed by atoms with Crippen LogP contribution in [-0.4, -0.2) is 44.3 Å². The first kappa shape index (κ1) is 34.3. The van der Waals surface area contributed by atoms with Crippen molar-refractivity contribution in [3.63, 3.8) is 0 Å². The van der Waals surface area contributed by atoms with Gasteiger partial charge in [0.1, 0.15) is 12.6 Å². The monoisotopic (exact) mass is 685 g/mol. The van der Waals surface area contributed by atoms with Crippen molar-refractivity contribution in [2.75, 3.05) is 17.4 Å². The van der Waals surface area contributed by atoms with Crippen LogP contribution in [0.3, 0.4) is 0 Å². The molecule has 0 fully saturated rings. The highest BCUT2D eigenvalue weighted by molar-refractivity contribution is 7.92. The Morgan fingerprint density at radius 1 is 0.778 bits per heavy atom. The van der Waals surface area contributed by atoms with Gasteiger partial charge in [0, 0.05) is 34.6 Å². The molecule has 11 heteroatoms. The Balaban J connectivity index is 1.78. The molecule has 7 nitrogen and oxygen atoms in total. The van der Waals surface area contributed by atoms with Crippen molar-refractivity contribution < 1.29 is 18.0 Å². The molecule has 0 spiro atoms. The number of carbonyl (C=O) groups excluding carboxylic acids is 2. The molecule has 0 saturated heterocycles. The average molecular weight is 687 g/mol. The van der Waals surface area contributed by atoms with Gasteiger partial charge in [-0.1, -0.05) is 96.7 Å². The van der Waals surface area contributed by atoms with Crippen LogP contribution in [0.15, 0.2) is 108 Å². The molecule has 0 radical (unpaired) electrons. The van der Waals surface area contributed by atoms with Crippen molar-refractivity contribution in [3.8, 4) is 0 Å². The van der Waals surface area contributed by atoms with E-state index in [9.17, 15) is 18.0 Å². The van der Waals surface area contributed by atoms with Crippen LogP contribution in [0.2, 0.25) is 15.1 Å². The van der Waals surface area contributed by atoms with Gasteiger partial charge >= 0.3 is 0 Å². The number of nitrogens with zero attached hydrogens (tertiary/aromatic N) is 2. The summed E-state index contributed by atoms with van der Waals surface area (Å²) in [5.41, 5.74) is 1.77. The van der Waals surface area contributed by atoms with E-state index >= 15 is 0 Å². The number of anilines is 1. The molecule has 0 bridgehead atoms. The summed E-state index contributed by atoms with van der Waals surface area (Å²) in [6.07, 6.45) is 1.88. The molecule has 0 saturated carbocycles. The third kappa shape index (κ3) is 9.47. The number of nitrogens with one attached hydrogen (secondary N) is 1. The summed E-state index contributed by atoms with van der Waals surface area (Å²) >= 11 is 18.4. The molecule has 0 heterocycles. The maximum Gasteiger partial charge on any atom is 0.264 e. The molecule has 0 aliphatic heterocycles. The predicted octanol–water partition coefficient (Wildman–Crippen LogP) is 7.40. The fourth-order valence-electron chi connectivity index (χ4n) is 4.74. The number of unbranched alkanes of at least 4 members (excludes halogenated alkanes) is 1. The lowest BCUT2D eigenvalue weighted by atomic mass is 10.0. The van der Waals surface area contributed by atoms with E-state index in [1.807, 2.05) is 37.3 Å². The van der Waals surface area contributed by atoms with E-state index in [-0.39, 0.29) is 29.5 Å². The van der Waals surface area contributed by atoms with Gasteiger partial charge in [-0.15, -0.1) is 0 Å². The van der Waals surface area contributed by atoms with Crippen molar-refractivity contribution in [1.82, 2.24) is 10.2 Å². The second-order valence-electron chi connectivity index (χ2n) is 10.4. The van der Waals surface area contributed by atoms with E-state index < -0.39 is 28.5 Å². The standard InChI is InChI=1S/C34H34Cl3N3O4S/c1-2-3-20-38-34(42)32(21-25-8-5-4-6-9-25)39(23-26-12-14-27(35)15-13-26)33(41)24-40(30-11-7-10-29(37)22-30)45(43,44)31-18-16-28(36)17-19-31/h4-19,22,32H,2-3,20-21,23-24H2,1H3,(H,38,42). The van der Waals surface area contributed by atoms with E-state index in [2.05, 4.69) is 5.32 Å². The Bertz CT molecular complexity index is 1690. The van der Waals surface area contributed by atoms with Crippen molar-refractivity contribution >= 4 is 62.3 Å². The molecule has 4 aromatic carbocycles. The first-order valence-corrected chi connectivity index (χ1v) is 17.1. The second-order valence-corrected chi connectivity index (χ2v) is 13.6. The molecule has 0 aliphatic carbocycles. The topological polar surface area (TPSA) is 86.8 Å². The smallest absolute Gasteiger partial charge is 0.264 e. The van der Waals surface area contributed by atoms with Gasteiger partial charge in [-0.2, -0.15) is 0 Å². The van der Waals surface area contributed by atoms with E-state index in [0.29, 0.717) is 21.6 Å². The minimum atomic E-state index is -4.27. The van der Waals surface area contributed by atoms with Crippen LogP contribution < -0.4 is 9.62 Å². The molecule has 45 heavy (non-hydrogen) atoms. The Morgan fingerprint density at radius 2 is 1.42 bits per heavy atom. The van der Waals surface area contributed by atoms with E-state index in [1.165, 1.54) is 35.2 Å². The SMILES string of the molecule is CCCCNC(=O)C(Cc1ccccc1)N(Cc1ccc(Cl)cc1)C(=O)CN(c1cccc(Cl)c1)S(=O)(=O)c1ccc(Cl)cc1. The lowest BCUT2D eigenvalue weighted by molar-refractivity contribution is -0.140. The Morgan fingerprint density at radius 3 is 2.04 bits per heavy atom. The maximum atomic E-state index is 14.4. The number of halogens is 3. The molecule has 2 amide bonds. The van der Waals surface area contributed by atoms with Crippen molar-refractivity contribution in [2.24, 2.45) is 0 Å². The zero-order valence-corrected chi connectivity index (χ0v) is 27.8. The Labute approximate surface area is 279 Å². The average Bonchev–Trinajstić information content (AvgIpc) is 3.03. The largest absolute Gasteiger partial charge is 0.354 e. The van der Waals surface area contributed by atoms with Gasteiger partial charge in [0.2, 0.25) is 11.8 Å². The van der Waals surface area contributed by atoms with Gasteiger partial charge in [-0.25, -0.2) is 8.42 Å². The van der Waals surface area contributed by atoms with Crippen LogP contribution in [0.5, 0.6) is 0 Å². The number of rotatable bonds is 14. The van der Waals surface area contributed by atoms with Crippen molar-refractivity contribution in [2.45, 2.75) is 43.7 Å². The van der Waals surface area contributed by atoms with E-state index in [1.54, 1.807) is 42.5 Å². The third-order valence-electron chi connectivity index (χ3n) is 7.14. The first-order valence-electron chi connectivity index (χ1n) is 14.5. The lowest BCUT2D eigenvalue weighted by Crippen LogP contribution is -2.53. The molecule has 1 N–H and O–H groups in total. The number of amides is 2. The van der Waals surface area contributed by atoms with Crippen LogP contribution in [0.1, 0.15) is 30.9 Å². The molecule has 1 unspecified atom stereocenters. The molecule has 236 valence electrons. The van der Waals surface area contributed by atoms with Gasteiger partial charge in [-0.05, 0) is 72.1 Å². The van der Waals surface area contributed by atoms with Gasteiger partial charge in [0.25, 0.3) is 10.0 Å². The summed E-state index contributed by atoms with van der Waals surface area (Å²) in [4.78, 5) is 29.6. The molecule has 4 aromatic rings. The summed E-state index contributed by atoms with van der Waals surface area (Å²) < 4.78 is 29.1. The Hall–Kier alpha value is -3.56. The summed E-state index contributed by atoms with van der Waals surface area (Å²) in [5, 5.41) is 4.16. The van der Waals surface area contributed by atoms with Crippen molar-refractivity contribution in [1.29, 1.82) is 0 Å². The third-order valence-corrected chi connectivity index (χ3v) is 9.67.